The van der Waals surface area contributed by atoms with E-state index in [-0.39, 0.29) is 48.7 Å². The van der Waals surface area contributed by atoms with E-state index in [0.717, 1.165) is 18.4 Å². The summed E-state index contributed by atoms with van der Waals surface area (Å²) < 4.78 is 1.40. The minimum atomic E-state index is -0.173. The van der Waals surface area contributed by atoms with Crippen LogP contribution < -0.4 is 16.4 Å². The molecule has 1 aromatic heterocycles. The Morgan fingerprint density at radius 2 is 2.00 bits per heavy atom. The van der Waals surface area contributed by atoms with Crippen LogP contribution in [-0.4, -0.2) is 32.6 Å². The van der Waals surface area contributed by atoms with Crippen LogP contribution >= 0.6 is 12.4 Å². The third-order valence-corrected chi connectivity index (χ3v) is 4.25. The molecule has 0 aliphatic heterocycles. The fraction of sp³-hybridized carbons (Fsp3) is 0.412. The summed E-state index contributed by atoms with van der Waals surface area (Å²) >= 11 is 0. The van der Waals surface area contributed by atoms with E-state index in [9.17, 15) is 9.59 Å². The van der Waals surface area contributed by atoms with Gasteiger partial charge in [-0.2, -0.15) is 0 Å². The fourth-order valence-corrected chi connectivity index (χ4v) is 2.89. The number of nitrogens with one attached hydrogen (secondary N) is 2. The predicted octanol–water partition coefficient (Wildman–Crippen LogP) is 1.08. The molecule has 0 bridgehead atoms. The molecular formula is C17H23ClN6O2. The van der Waals surface area contributed by atoms with Crippen LogP contribution in [0.25, 0.3) is 0 Å². The number of carbonyl (C=O) groups is 2. The standard InChI is InChI=1S/C17H22N6O2.ClH/c18-14-7-6-13(8-14)16(25)21-17-20-11-23(22-17)10-15(24)19-9-12-4-2-1-3-5-12;/h1-5,11,13-14H,6-10,18H2,(H,19,24)(H,21,22,25);1H. The molecule has 2 aromatic rings. The highest BCUT2D eigenvalue weighted by atomic mass is 35.5. The normalized spacial score (nSPS) is 18.8. The first-order valence-corrected chi connectivity index (χ1v) is 8.36. The van der Waals surface area contributed by atoms with Crippen molar-refractivity contribution in [1.29, 1.82) is 0 Å². The monoisotopic (exact) mass is 378 g/mol. The summed E-state index contributed by atoms with van der Waals surface area (Å²) in [6.45, 7) is 0.504. The molecule has 1 aromatic carbocycles. The summed E-state index contributed by atoms with van der Waals surface area (Å²) in [6.07, 6.45) is 3.77. The lowest BCUT2D eigenvalue weighted by atomic mass is 10.1. The summed E-state index contributed by atoms with van der Waals surface area (Å²) in [7, 11) is 0. The second-order valence-electron chi connectivity index (χ2n) is 6.29. The van der Waals surface area contributed by atoms with Gasteiger partial charge in [-0.25, -0.2) is 9.67 Å². The zero-order chi connectivity index (χ0) is 17.6. The number of benzene rings is 1. The number of nitrogens with two attached hydrogens (primary N) is 1. The maximum Gasteiger partial charge on any atom is 0.248 e. The molecule has 1 saturated carbocycles. The van der Waals surface area contributed by atoms with Crippen molar-refractivity contribution in [3.8, 4) is 0 Å². The highest BCUT2D eigenvalue weighted by Crippen LogP contribution is 2.24. The Morgan fingerprint density at radius 3 is 2.69 bits per heavy atom. The summed E-state index contributed by atoms with van der Waals surface area (Å²) in [4.78, 5) is 28.1. The Labute approximate surface area is 158 Å². The summed E-state index contributed by atoms with van der Waals surface area (Å²) in [6, 6.07) is 9.75. The molecule has 1 aliphatic carbocycles. The molecule has 0 radical (unpaired) electrons. The molecule has 0 saturated heterocycles. The third-order valence-electron chi connectivity index (χ3n) is 4.25. The molecule has 2 atom stereocenters. The van der Waals surface area contributed by atoms with Crippen molar-refractivity contribution in [2.45, 2.75) is 38.4 Å². The minimum Gasteiger partial charge on any atom is -0.350 e. The Balaban J connectivity index is 0.00000243. The lowest BCUT2D eigenvalue weighted by molar-refractivity contribution is -0.122. The van der Waals surface area contributed by atoms with E-state index >= 15 is 0 Å². The van der Waals surface area contributed by atoms with Crippen LogP contribution in [0.2, 0.25) is 0 Å². The average molecular weight is 379 g/mol. The minimum absolute atomic E-state index is 0. The van der Waals surface area contributed by atoms with Crippen LogP contribution in [-0.2, 0) is 22.7 Å². The van der Waals surface area contributed by atoms with E-state index in [0.29, 0.717) is 13.0 Å². The van der Waals surface area contributed by atoms with Crippen LogP contribution in [0.1, 0.15) is 24.8 Å². The first-order valence-electron chi connectivity index (χ1n) is 8.36. The molecule has 1 aliphatic rings. The maximum atomic E-state index is 12.1. The van der Waals surface area contributed by atoms with Gasteiger partial charge in [-0.15, -0.1) is 17.5 Å². The number of rotatable bonds is 6. The zero-order valence-electron chi connectivity index (χ0n) is 14.3. The molecule has 8 nitrogen and oxygen atoms in total. The van der Waals surface area contributed by atoms with Gasteiger partial charge in [0.15, 0.2) is 0 Å². The molecule has 1 fully saturated rings. The number of anilines is 1. The Kier molecular flexibility index (Phi) is 7.11. The molecule has 2 amide bonds. The largest absolute Gasteiger partial charge is 0.350 e. The number of hydrogen-bond acceptors (Lipinski definition) is 5. The maximum absolute atomic E-state index is 12.1. The van der Waals surface area contributed by atoms with E-state index in [1.54, 1.807) is 0 Å². The topological polar surface area (TPSA) is 115 Å². The van der Waals surface area contributed by atoms with Gasteiger partial charge in [0.2, 0.25) is 17.8 Å². The molecular weight excluding hydrogens is 356 g/mol. The number of amides is 2. The second-order valence-corrected chi connectivity index (χ2v) is 6.29. The molecule has 26 heavy (non-hydrogen) atoms. The van der Waals surface area contributed by atoms with Gasteiger partial charge in [0.25, 0.3) is 0 Å². The molecule has 4 N–H and O–H groups in total. The molecule has 9 heteroatoms. The highest BCUT2D eigenvalue weighted by molar-refractivity contribution is 5.91. The van der Waals surface area contributed by atoms with Gasteiger partial charge in [0, 0.05) is 18.5 Å². The van der Waals surface area contributed by atoms with E-state index in [2.05, 4.69) is 20.7 Å². The summed E-state index contributed by atoms with van der Waals surface area (Å²) in [5.41, 5.74) is 6.85. The van der Waals surface area contributed by atoms with Gasteiger partial charge < -0.3 is 11.1 Å². The second kappa shape index (κ2) is 9.30. The Bertz CT molecular complexity index is 736. The van der Waals surface area contributed by atoms with Gasteiger partial charge >= 0.3 is 0 Å². The van der Waals surface area contributed by atoms with Gasteiger partial charge in [0.1, 0.15) is 12.9 Å². The van der Waals surface area contributed by atoms with Crippen LogP contribution in [0.5, 0.6) is 0 Å². The SMILES string of the molecule is Cl.NC1CCC(C(=O)Nc2ncn(CC(=O)NCc3ccccc3)n2)C1. The van der Waals surface area contributed by atoms with Crippen molar-refractivity contribution < 1.29 is 9.59 Å². The van der Waals surface area contributed by atoms with Gasteiger partial charge in [-0.1, -0.05) is 30.3 Å². The first-order chi connectivity index (χ1) is 12.1. The van der Waals surface area contributed by atoms with E-state index in [1.807, 2.05) is 30.3 Å². The average Bonchev–Trinajstić information content (AvgIpc) is 3.23. The highest BCUT2D eigenvalue weighted by Gasteiger charge is 2.28. The van der Waals surface area contributed by atoms with Crippen LogP contribution in [0, 0.1) is 5.92 Å². The van der Waals surface area contributed by atoms with Crippen molar-refractivity contribution in [3.05, 3.63) is 42.2 Å². The molecule has 1 heterocycles. The number of halogens is 1. The molecule has 2 unspecified atom stereocenters. The van der Waals surface area contributed by atoms with Crippen LogP contribution in [0.15, 0.2) is 36.7 Å². The van der Waals surface area contributed by atoms with Crippen LogP contribution in [0.4, 0.5) is 5.95 Å². The van der Waals surface area contributed by atoms with Crippen molar-refractivity contribution >= 4 is 30.2 Å². The van der Waals surface area contributed by atoms with Crippen molar-refractivity contribution in [1.82, 2.24) is 20.1 Å². The summed E-state index contributed by atoms with van der Waals surface area (Å²) in [5.74, 6) is -0.162. The Morgan fingerprint density at radius 1 is 1.23 bits per heavy atom. The van der Waals surface area contributed by atoms with E-state index in [1.165, 1.54) is 11.0 Å². The molecule has 0 spiro atoms. The van der Waals surface area contributed by atoms with Crippen molar-refractivity contribution in [2.24, 2.45) is 11.7 Å². The van der Waals surface area contributed by atoms with Gasteiger partial charge in [-0.3, -0.25) is 14.9 Å². The first kappa shape index (κ1) is 19.9. The number of carbonyl (C=O) groups excluding carboxylic acids is 2. The van der Waals surface area contributed by atoms with Gasteiger partial charge in [-0.05, 0) is 24.8 Å². The quantitative estimate of drug-likeness (QED) is 0.695. The van der Waals surface area contributed by atoms with Crippen molar-refractivity contribution in [2.75, 3.05) is 5.32 Å². The van der Waals surface area contributed by atoms with E-state index in [4.69, 9.17) is 5.73 Å². The number of nitrogens with zero attached hydrogens (tertiary/aromatic N) is 3. The fourth-order valence-electron chi connectivity index (χ4n) is 2.89. The van der Waals surface area contributed by atoms with Crippen molar-refractivity contribution in [3.63, 3.8) is 0 Å². The van der Waals surface area contributed by atoms with Crippen LogP contribution in [0.3, 0.4) is 0 Å². The van der Waals surface area contributed by atoms with Gasteiger partial charge in [0.05, 0.1) is 0 Å². The molecule has 140 valence electrons. The summed E-state index contributed by atoms with van der Waals surface area (Å²) in [5, 5.41) is 9.62. The molecule has 3 rings (SSSR count). The van der Waals surface area contributed by atoms with E-state index < -0.39 is 0 Å². The number of aromatic nitrogens is 3. The lowest BCUT2D eigenvalue weighted by Gasteiger charge is -2.07. The lowest BCUT2D eigenvalue weighted by Crippen LogP contribution is -2.27. The Hall–Kier alpha value is -2.45. The zero-order valence-corrected chi connectivity index (χ0v) is 15.1. The third kappa shape index (κ3) is 5.53. The smallest absolute Gasteiger partial charge is 0.248 e. The predicted molar refractivity (Wildman–Crippen MR) is 99.5 cm³/mol. The number of hydrogen-bond donors (Lipinski definition) is 3.